The number of nitrogens with zero attached hydrogens (tertiary/aromatic N) is 1. The van der Waals surface area contributed by atoms with Gasteiger partial charge in [0.05, 0.1) is 23.6 Å². The van der Waals surface area contributed by atoms with Gasteiger partial charge in [0.15, 0.2) is 0 Å². The molecule has 2 amide bonds. The van der Waals surface area contributed by atoms with E-state index in [9.17, 15) is 24.6 Å². The van der Waals surface area contributed by atoms with E-state index in [1.165, 1.54) is 6.07 Å². The minimum atomic E-state index is -1.25. The molecule has 1 saturated carbocycles. The molecule has 1 aromatic rings. The number of carbonyl (C=O) groups is 3. The Labute approximate surface area is 186 Å². The van der Waals surface area contributed by atoms with E-state index in [-0.39, 0.29) is 23.8 Å². The van der Waals surface area contributed by atoms with Gasteiger partial charge in [-0.3, -0.25) is 14.4 Å². The Bertz CT molecular complexity index is 951. The normalized spacial score (nSPS) is 30.2. The molecule has 5 atom stereocenters. The van der Waals surface area contributed by atoms with E-state index >= 15 is 0 Å². The van der Waals surface area contributed by atoms with Gasteiger partial charge < -0.3 is 37.0 Å². The van der Waals surface area contributed by atoms with E-state index in [0.717, 1.165) is 5.56 Å². The number of primary amides is 1. The molecule has 0 spiro atoms. The van der Waals surface area contributed by atoms with E-state index in [1.807, 2.05) is 25.9 Å². The fourth-order valence-corrected chi connectivity index (χ4v) is 5.61. The van der Waals surface area contributed by atoms with E-state index < -0.39 is 47.3 Å². The van der Waals surface area contributed by atoms with E-state index in [2.05, 4.69) is 5.32 Å². The molecule has 0 bridgehead atoms. The number of hydrogen-bond donors (Lipinski definition) is 6. The van der Waals surface area contributed by atoms with E-state index in [0.29, 0.717) is 24.8 Å². The van der Waals surface area contributed by atoms with Crippen molar-refractivity contribution in [3.63, 3.8) is 0 Å². The van der Waals surface area contributed by atoms with Crippen molar-refractivity contribution >= 4 is 17.8 Å². The molecule has 176 valence electrons. The second-order valence-corrected chi connectivity index (χ2v) is 9.45. The van der Waals surface area contributed by atoms with Gasteiger partial charge in [0.2, 0.25) is 5.91 Å². The second kappa shape index (κ2) is 8.34. The van der Waals surface area contributed by atoms with Crippen LogP contribution < -0.4 is 16.8 Å². The summed E-state index contributed by atoms with van der Waals surface area (Å²) in [7, 11) is 3.76. The summed E-state index contributed by atoms with van der Waals surface area (Å²) in [6.07, 6.45) is 1.02. The van der Waals surface area contributed by atoms with Crippen molar-refractivity contribution in [1.82, 2.24) is 10.2 Å². The Morgan fingerprint density at radius 2 is 1.97 bits per heavy atom. The van der Waals surface area contributed by atoms with Crippen LogP contribution in [0.4, 0.5) is 0 Å². The maximum atomic E-state index is 12.4. The first kappa shape index (κ1) is 24.0. The number of nitrogens with one attached hydrogen (secondary N) is 1. The highest BCUT2D eigenvalue weighted by Crippen LogP contribution is 2.56. The Hall–Kier alpha value is -2.69. The number of carbonyl (C=O) groups excluding carboxylic acids is 2. The monoisotopic (exact) mass is 448 g/mol. The van der Waals surface area contributed by atoms with Crippen LogP contribution in [0.1, 0.15) is 54.1 Å². The molecule has 0 aliphatic heterocycles. The topological polar surface area (TPSA) is 179 Å². The third kappa shape index (κ3) is 3.82. The predicted molar refractivity (Wildman–Crippen MR) is 116 cm³/mol. The summed E-state index contributed by atoms with van der Waals surface area (Å²) >= 11 is 0. The van der Waals surface area contributed by atoms with Crippen molar-refractivity contribution in [3.8, 4) is 5.75 Å². The largest absolute Gasteiger partial charge is 0.507 e. The molecule has 0 heterocycles. The molecule has 8 N–H and O–H groups in total. The summed E-state index contributed by atoms with van der Waals surface area (Å²) in [4.78, 5) is 37.1. The lowest BCUT2D eigenvalue weighted by molar-refractivity contribution is -0.140. The fraction of sp³-hybridized carbons (Fsp3) is 0.591. The minimum Gasteiger partial charge on any atom is -0.507 e. The van der Waals surface area contributed by atoms with Gasteiger partial charge in [-0.1, -0.05) is 13.0 Å². The Kier molecular flexibility index (Phi) is 6.25. The van der Waals surface area contributed by atoms with Gasteiger partial charge in [-0.15, -0.1) is 0 Å². The lowest BCUT2D eigenvalue weighted by atomic mass is 9.52. The molecule has 0 saturated heterocycles. The first-order valence-corrected chi connectivity index (χ1v) is 10.6. The third-order valence-electron chi connectivity index (χ3n) is 7.23. The van der Waals surface area contributed by atoms with Crippen LogP contribution >= 0.6 is 0 Å². The maximum Gasteiger partial charge on any atom is 0.305 e. The van der Waals surface area contributed by atoms with Crippen LogP contribution in [0.5, 0.6) is 5.75 Å². The summed E-state index contributed by atoms with van der Waals surface area (Å²) in [6, 6.07) is 1.39. The van der Waals surface area contributed by atoms with Gasteiger partial charge in [-0.2, -0.15) is 0 Å². The van der Waals surface area contributed by atoms with Crippen molar-refractivity contribution in [2.24, 2.45) is 11.5 Å². The van der Waals surface area contributed by atoms with Crippen molar-refractivity contribution in [2.75, 3.05) is 14.1 Å². The standard InChI is InChI=1S/C22H32N4O6/c1-21-10-12(25-20(31)14(23)9-16(27)28)6-7-22(21,32)15(26(2)3)8-11-4-5-13(19(24)30)18(29)17(11)21/h4-5,12,14-15,29,32H,6-10,23H2,1-3H3,(H2,24,30)(H,25,31)(H,27,28)/t12-,14+,15-,21?,22-/m1/s1. The van der Waals surface area contributed by atoms with Gasteiger partial charge in [-0.05, 0) is 51.4 Å². The number of fused-ring (bicyclic) bond motifs is 3. The summed E-state index contributed by atoms with van der Waals surface area (Å²) in [5.41, 5.74) is 10.1. The van der Waals surface area contributed by atoms with Gasteiger partial charge in [-0.25, -0.2) is 0 Å². The van der Waals surface area contributed by atoms with Crippen molar-refractivity contribution < 1.29 is 29.7 Å². The van der Waals surface area contributed by atoms with Crippen LogP contribution in [0.3, 0.4) is 0 Å². The van der Waals surface area contributed by atoms with E-state index in [1.54, 1.807) is 6.07 Å². The number of rotatable bonds is 6. The molecule has 2 aliphatic rings. The number of phenols is 1. The number of carboxylic acid groups (broad SMARTS) is 1. The number of hydrogen-bond acceptors (Lipinski definition) is 7. The van der Waals surface area contributed by atoms with Gasteiger partial charge in [0.25, 0.3) is 5.91 Å². The van der Waals surface area contributed by atoms with Crippen LogP contribution in [-0.2, 0) is 21.4 Å². The Balaban J connectivity index is 2.03. The van der Waals surface area contributed by atoms with Crippen LogP contribution in [0.2, 0.25) is 0 Å². The molecular weight excluding hydrogens is 416 g/mol. The lowest BCUT2D eigenvalue weighted by Crippen LogP contribution is -2.69. The van der Waals surface area contributed by atoms with Crippen molar-refractivity contribution in [1.29, 1.82) is 0 Å². The number of likely N-dealkylation sites (N-methyl/N-ethyl adjacent to an activating group) is 1. The highest BCUT2D eigenvalue weighted by molar-refractivity contribution is 5.96. The zero-order valence-electron chi connectivity index (χ0n) is 18.6. The molecule has 10 heteroatoms. The minimum absolute atomic E-state index is 0.0229. The first-order chi connectivity index (χ1) is 14.8. The molecule has 0 radical (unpaired) electrons. The van der Waals surface area contributed by atoms with Crippen LogP contribution in [-0.4, -0.2) is 75.8 Å². The molecule has 0 aromatic heterocycles. The predicted octanol–water partition coefficient (Wildman–Crippen LogP) is -0.563. The number of carboxylic acids is 1. The molecule has 32 heavy (non-hydrogen) atoms. The fourth-order valence-electron chi connectivity index (χ4n) is 5.61. The Morgan fingerprint density at radius 1 is 1.31 bits per heavy atom. The number of aromatic hydroxyl groups is 1. The summed E-state index contributed by atoms with van der Waals surface area (Å²) < 4.78 is 0. The quantitative estimate of drug-likeness (QED) is 0.335. The zero-order valence-corrected chi connectivity index (χ0v) is 18.6. The second-order valence-electron chi connectivity index (χ2n) is 9.45. The summed E-state index contributed by atoms with van der Waals surface area (Å²) in [5, 5.41) is 34.7. The number of aliphatic hydroxyl groups is 1. The average Bonchev–Trinajstić information content (AvgIpc) is 2.67. The van der Waals surface area contributed by atoms with E-state index in [4.69, 9.17) is 16.6 Å². The first-order valence-electron chi connectivity index (χ1n) is 10.6. The van der Waals surface area contributed by atoms with Crippen molar-refractivity contribution in [2.45, 2.75) is 68.2 Å². The van der Waals surface area contributed by atoms with Gasteiger partial charge in [0, 0.05) is 23.1 Å². The van der Waals surface area contributed by atoms with Crippen LogP contribution in [0.15, 0.2) is 12.1 Å². The molecule has 10 nitrogen and oxygen atoms in total. The Morgan fingerprint density at radius 3 is 2.53 bits per heavy atom. The van der Waals surface area contributed by atoms with Gasteiger partial charge in [0.1, 0.15) is 5.75 Å². The van der Waals surface area contributed by atoms with Gasteiger partial charge >= 0.3 is 5.97 Å². The molecule has 1 aromatic carbocycles. The lowest BCUT2D eigenvalue weighted by Gasteiger charge is -2.59. The third-order valence-corrected chi connectivity index (χ3v) is 7.23. The zero-order chi connectivity index (χ0) is 24.0. The summed E-state index contributed by atoms with van der Waals surface area (Å²) in [6.45, 7) is 1.82. The highest BCUT2D eigenvalue weighted by Gasteiger charge is 2.60. The molecule has 1 fully saturated rings. The molecule has 1 unspecified atom stereocenters. The maximum absolute atomic E-state index is 12.4. The van der Waals surface area contributed by atoms with Crippen LogP contribution in [0.25, 0.3) is 0 Å². The smallest absolute Gasteiger partial charge is 0.305 e. The summed E-state index contributed by atoms with van der Waals surface area (Å²) in [5.74, 6) is -2.77. The SMILES string of the molecule is CN(C)[C@@H]1Cc2ccc(C(N)=O)c(O)c2C2(C)C[C@H](NC(=O)[C@@H](N)CC(=O)O)CC[C@@]12O. The number of nitrogens with two attached hydrogens (primary N) is 2. The molecule has 2 aliphatic carbocycles. The number of benzene rings is 1. The highest BCUT2D eigenvalue weighted by atomic mass is 16.4. The number of amides is 2. The molecule has 3 rings (SSSR count). The average molecular weight is 449 g/mol. The number of aliphatic carboxylic acids is 1. The molecular formula is C22H32N4O6. The van der Waals surface area contributed by atoms with Crippen LogP contribution in [0, 0.1) is 0 Å². The van der Waals surface area contributed by atoms with Crippen molar-refractivity contribution in [3.05, 3.63) is 28.8 Å².